The molecular weight excluding hydrogens is 388 g/mol. The Balaban J connectivity index is 1.82. The highest BCUT2D eigenvalue weighted by atomic mass is 35.5. The molecule has 144 valence electrons. The van der Waals surface area contributed by atoms with Gasteiger partial charge in [-0.05, 0) is 30.3 Å². The van der Waals surface area contributed by atoms with Crippen molar-refractivity contribution in [3.05, 3.63) is 75.6 Å². The zero-order chi connectivity index (χ0) is 20.1. The molecule has 0 unspecified atom stereocenters. The summed E-state index contributed by atoms with van der Waals surface area (Å²) in [6, 6.07) is 12.0. The molecule has 1 aromatic heterocycles. The number of ether oxygens (including phenoxy) is 2. The molecule has 0 aliphatic heterocycles. The van der Waals surface area contributed by atoms with E-state index in [-0.39, 0.29) is 29.5 Å². The van der Waals surface area contributed by atoms with Gasteiger partial charge in [-0.2, -0.15) is 5.10 Å². The van der Waals surface area contributed by atoms with Crippen LogP contribution in [0, 0.1) is 10.1 Å². The number of hydrogen-bond acceptors (Lipinski definition) is 6. The van der Waals surface area contributed by atoms with Crippen molar-refractivity contribution >= 4 is 28.9 Å². The highest BCUT2D eigenvalue weighted by Crippen LogP contribution is 2.30. The van der Waals surface area contributed by atoms with Gasteiger partial charge in [0, 0.05) is 30.5 Å². The van der Waals surface area contributed by atoms with E-state index in [0.717, 1.165) is 0 Å². The quantitative estimate of drug-likeness (QED) is 0.471. The highest BCUT2D eigenvalue weighted by molar-refractivity contribution is 6.30. The minimum Gasteiger partial charge on any atom is -0.457 e. The van der Waals surface area contributed by atoms with Gasteiger partial charge in [-0.1, -0.05) is 11.6 Å². The van der Waals surface area contributed by atoms with E-state index in [4.69, 9.17) is 21.1 Å². The van der Waals surface area contributed by atoms with Crippen LogP contribution in [0.1, 0.15) is 10.5 Å². The van der Waals surface area contributed by atoms with Crippen LogP contribution in [0.4, 0.5) is 11.4 Å². The van der Waals surface area contributed by atoms with Gasteiger partial charge in [-0.25, -0.2) is 4.68 Å². The van der Waals surface area contributed by atoms with E-state index >= 15 is 0 Å². The number of anilines is 1. The van der Waals surface area contributed by atoms with Gasteiger partial charge < -0.3 is 14.8 Å². The Morgan fingerprint density at radius 2 is 1.96 bits per heavy atom. The third-order valence-corrected chi connectivity index (χ3v) is 3.80. The number of nitrogens with zero attached hydrogens (tertiary/aromatic N) is 3. The van der Waals surface area contributed by atoms with Crippen LogP contribution in [0.3, 0.4) is 0 Å². The fraction of sp³-hybridized carbons (Fsp3) is 0.111. The van der Waals surface area contributed by atoms with E-state index in [2.05, 4.69) is 10.4 Å². The zero-order valence-corrected chi connectivity index (χ0v) is 15.4. The number of nitrogens with one attached hydrogen (secondary N) is 1. The zero-order valence-electron chi connectivity index (χ0n) is 14.7. The van der Waals surface area contributed by atoms with Crippen LogP contribution in [0.25, 0.3) is 0 Å². The number of amides is 1. The summed E-state index contributed by atoms with van der Waals surface area (Å²) in [5.41, 5.74) is 0.111. The van der Waals surface area contributed by atoms with Gasteiger partial charge in [0.2, 0.25) is 0 Å². The summed E-state index contributed by atoms with van der Waals surface area (Å²) >= 11 is 5.84. The van der Waals surface area contributed by atoms with Crippen molar-refractivity contribution < 1.29 is 19.2 Å². The predicted octanol–water partition coefficient (Wildman–Crippen LogP) is 4.09. The van der Waals surface area contributed by atoms with Crippen molar-refractivity contribution in [3.63, 3.8) is 0 Å². The van der Waals surface area contributed by atoms with Crippen molar-refractivity contribution in [2.75, 3.05) is 12.4 Å². The smallest absolute Gasteiger partial charge is 0.276 e. The molecule has 0 saturated heterocycles. The number of hydrogen-bond donors (Lipinski definition) is 1. The lowest BCUT2D eigenvalue weighted by Crippen LogP contribution is -2.14. The van der Waals surface area contributed by atoms with Gasteiger partial charge in [-0.15, -0.1) is 0 Å². The predicted molar refractivity (Wildman–Crippen MR) is 102 cm³/mol. The van der Waals surface area contributed by atoms with Crippen LogP contribution in [-0.2, 0) is 11.5 Å². The number of nitro groups is 1. The maximum Gasteiger partial charge on any atom is 0.276 e. The molecule has 3 rings (SSSR count). The van der Waals surface area contributed by atoms with Crippen molar-refractivity contribution in [2.45, 2.75) is 6.73 Å². The summed E-state index contributed by atoms with van der Waals surface area (Å²) in [5, 5.41) is 18.4. The topological polar surface area (TPSA) is 109 Å². The fourth-order valence-corrected chi connectivity index (χ4v) is 2.47. The number of benzene rings is 2. The molecule has 0 saturated carbocycles. The van der Waals surface area contributed by atoms with Crippen LogP contribution in [0.5, 0.6) is 11.5 Å². The Kier molecular flexibility index (Phi) is 5.87. The van der Waals surface area contributed by atoms with Crippen molar-refractivity contribution in [1.82, 2.24) is 9.78 Å². The lowest BCUT2D eigenvalue weighted by atomic mass is 10.2. The molecule has 9 nitrogen and oxygen atoms in total. The molecule has 1 amide bonds. The number of nitro benzene ring substituents is 1. The molecule has 1 N–H and O–H groups in total. The summed E-state index contributed by atoms with van der Waals surface area (Å²) in [6.45, 7) is 0.198. The second-order valence-corrected chi connectivity index (χ2v) is 6.08. The molecule has 10 heteroatoms. The Morgan fingerprint density at radius 3 is 2.64 bits per heavy atom. The summed E-state index contributed by atoms with van der Waals surface area (Å²) in [7, 11) is 1.51. The van der Waals surface area contributed by atoms with Crippen molar-refractivity contribution in [2.24, 2.45) is 0 Å². The molecule has 0 atom stereocenters. The van der Waals surface area contributed by atoms with E-state index in [0.29, 0.717) is 10.8 Å². The molecule has 0 aliphatic carbocycles. The maximum absolute atomic E-state index is 12.4. The number of non-ortho nitro benzene ring substituents is 1. The summed E-state index contributed by atoms with van der Waals surface area (Å²) in [6.07, 6.45) is 1.58. The van der Waals surface area contributed by atoms with Crippen LogP contribution >= 0.6 is 11.6 Å². The first-order chi connectivity index (χ1) is 13.4. The first kappa shape index (κ1) is 19.3. The molecule has 0 radical (unpaired) electrons. The molecule has 3 aromatic rings. The first-order valence-corrected chi connectivity index (χ1v) is 8.39. The Labute approximate surface area is 164 Å². The second-order valence-electron chi connectivity index (χ2n) is 5.64. The van der Waals surface area contributed by atoms with E-state index in [1.54, 1.807) is 30.5 Å². The van der Waals surface area contributed by atoms with E-state index in [1.165, 1.54) is 36.1 Å². The second kappa shape index (κ2) is 8.51. The minimum atomic E-state index is -0.572. The monoisotopic (exact) mass is 402 g/mol. The number of aromatic nitrogens is 2. The third kappa shape index (κ3) is 4.84. The summed E-state index contributed by atoms with van der Waals surface area (Å²) in [4.78, 5) is 23.0. The molecule has 0 spiro atoms. The lowest BCUT2D eigenvalue weighted by Gasteiger charge is -2.09. The van der Waals surface area contributed by atoms with Gasteiger partial charge in [0.05, 0.1) is 16.7 Å². The molecule has 1 heterocycles. The van der Waals surface area contributed by atoms with Crippen molar-refractivity contribution in [1.29, 1.82) is 0 Å². The maximum atomic E-state index is 12.4. The number of halogens is 1. The number of methoxy groups -OCH3 is 1. The Hall–Kier alpha value is -3.43. The molecular formula is C18H15ClN4O5. The standard InChI is InChI=1S/C18H15ClN4O5/c1-27-11-22-7-6-17(21-22)18(24)20-13-8-14(23(25)26)10-16(9-13)28-15-4-2-12(19)3-5-15/h2-10H,11H2,1H3,(H,20,24). The lowest BCUT2D eigenvalue weighted by molar-refractivity contribution is -0.384. The number of rotatable bonds is 7. The van der Waals surface area contributed by atoms with Gasteiger partial charge in [0.1, 0.15) is 18.2 Å². The molecule has 0 fully saturated rings. The highest BCUT2D eigenvalue weighted by Gasteiger charge is 2.15. The van der Waals surface area contributed by atoms with Gasteiger partial charge in [0.15, 0.2) is 5.69 Å². The average Bonchev–Trinajstić information content (AvgIpc) is 3.12. The third-order valence-electron chi connectivity index (χ3n) is 3.54. The molecule has 2 aromatic carbocycles. The Morgan fingerprint density at radius 1 is 1.21 bits per heavy atom. The van der Waals surface area contributed by atoms with Crippen molar-refractivity contribution in [3.8, 4) is 11.5 Å². The summed E-state index contributed by atoms with van der Waals surface area (Å²) < 4.78 is 12.0. The van der Waals surface area contributed by atoms with E-state index in [1.807, 2.05) is 0 Å². The van der Waals surface area contributed by atoms with Crippen LogP contribution < -0.4 is 10.1 Å². The van der Waals surface area contributed by atoms with E-state index < -0.39 is 10.8 Å². The largest absolute Gasteiger partial charge is 0.457 e. The molecule has 0 aliphatic rings. The van der Waals surface area contributed by atoms with Gasteiger partial charge >= 0.3 is 0 Å². The minimum absolute atomic E-state index is 0.142. The van der Waals surface area contributed by atoms with Crippen LogP contribution in [-0.4, -0.2) is 27.7 Å². The number of carbonyl (C=O) groups excluding carboxylic acids is 1. The SMILES string of the molecule is COCn1ccc(C(=O)Nc2cc(Oc3ccc(Cl)cc3)cc([N+](=O)[O-])c2)n1. The van der Waals surface area contributed by atoms with Crippen LogP contribution in [0.2, 0.25) is 5.02 Å². The van der Waals surface area contributed by atoms with Gasteiger partial charge in [0.25, 0.3) is 11.6 Å². The molecule has 0 bridgehead atoms. The average molecular weight is 403 g/mol. The van der Waals surface area contributed by atoms with E-state index in [9.17, 15) is 14.9 Å². The van der Waals surface area contributed by atoms with Gasteiger partial charge in [-0.3, -0.25) is 14.9 Å². The number of carbonyl (C=O) groups is 1. The van der Waals surface area contributed by atoms with Crippen LogP contribution in [0.15, 0.2) is 54.7 Å². The summed E-state index contributed by atoms with van der Waals surface area (Å²) in [5.74, 6) is 0.116. The normalized spacial score (nSPS) is 10.5. The first-order valence-electron chi connectivity index (χ1n) is 8.01. The molecule has 28 heavy (non-hydrogen) atoms. The Bertz CT molecular complexity index is 1000. The fourth-order valence-electron chi connectivity index (χ4n) is 2.34.